The maximum Gasteiger partial charge on any atom is 0.337 e. The summed E-state index contributed by atoms with van der Waals surface area (Å²) in [6.45, 7) is 4.63. The van der Waals surface area contributed by atoms with E-state index in [4.69, 9.17) is 9.84 Å². The molecule has 144 valence electrons. The number of nitrogens with one attached hydrogen (secondary N) is 1. The predicted molar refractivity (Wildman–Crippen MR) is 104 cm³/mol. The average molecular weight is 368 g/mol. The van der Waals surface area contributed by atoms with Crippen LogP contribution in [0.15, 0.2) is 24.4 Å². The van der Waals surface area contributed by atoms with Gasteiger partial charge in [-0.25, -0.2) is 4.79 Å². The smallest absolute Gasteiger partial charge is 0.337 e. The molecule has 2 heterocycles. The normalized spacial score (nSPS) is 31.3. The molecule has 1 aliphatic heterocycles. The second-order valence-corrected chi connectivity index (χ2v) is 8.52. The van der Waals surface area contributed by atoms with E-state index >= 15 is 0 Å². The Labute approximate surface area is 159 Å². The number of ether oxygens (including phenoxy) is 1. The number of esters is 1. The largest absolute Gasteiger partial charge is 0.465 e. The Hall–Kier alpha value is -1.92. The van der Waals surface area contributed by atoms with Crippen molar-refractivity contribution in [1.29, 1.82) is 0 Å². The van der Waals surface area contributed by atoms with E-state index in [1.165, 1.54) is 58.7 Å². The Balaban J connectivity index is 1.40. The van der Waals surface area contributed by atoms with E-state index in [-0.39, 0.29) is 11.5 Å². The van der Waals surface area contributed by atoms with Crippen LogP contribution in [-0.2, 0) is 10.3 Å². The van der Waals surface area contributed by atoms with Crippen molar-refractivity contribution >= 4 is 16.9 Å². The molecule has 0 unspecified atom stereocenters. The van der Waals surface area contributed by atoms with Crippen molar-refractivity contribution in [2.75, 3.05) is 33.3 Å². The van der Waals surface area contributed by atoms with Gasteiger partial charge in [-0.2, -0.15) is 5.10 Å². The molecule has 0 amide bonds. The number of benzene rings is 1. The molecule has 1 N–H and O–H groups in total. The van der Waals surface area contributed by atoms with Gasteiger partial charge in [0.15, 0.2) is 0 Å². The molecular formula is C21H28N4O2. The van der Waals surface area contributed by atoms with Crippen LogP contribution in [0.5, 0.6) is 0 Å². The number of nitrogens with zero attached hydrogens (tertiary/aromatic N) is 3. The zero-order chi connectivity index (χ0) is 18.5. The Bertz CT molecular complexity index is 844. The van der Waals surface area contributed by atoms with Gasteiger partial charge in [-0.1, -0.05) is 6.07 Å². The first-order valence-electron chi connectivity index (χ1n) is 10.2. The maximum absolute atomic E-state index is 11.8. The van der Waals surface area contributed by atoms with Gasteiger partial charge in [0.05, 0.1) is 23.7 Å². The summed E-state index contributed by atoms with van der Waals surface area (Å²) in [7, 11) is 1.42. The lowest BCUT2D eigenvalue weighted by Crippen LogP contribution is -2.62. The van der Waals surface area contributed by atoms with E-state index in [2.05, 4.69) is 21.1 Å². The molecule has 4 fully saturated rings. The van der Waals surface area contributed by atoms with Gasteiger partial charge >= 0.3 is 5.97 Å². The third-order valence-corrected chi connectivity index (χ3v) is 7.37. The molecule has 1 saturated heterocycles. The van der Waals surface area contributed by atoms with Gasteiger partial charge in [0.25, 0.3) is 0 Å². The highest BCUT2D eigenvalue weighted by molar-refractivity contribution is 5.94. The molecule has 1 aromatic carbocycles. The molecule has 0 atom stereocenters. The third-order valence-electron chi connectivity index (χ3n) is 7.37. The number of carbonyl (C=O) groups is 1. The van der Waals surface area contributed by atoms with Crippen molar-refractivity contribution in [3.63, 3.8) is 0 Å². The molecule has 4 aliphatic rings. The van der Waals surface area contributed by atoms with E-state index in [9.17, 15) is 4.79 Å². The summed E-state index contributed by atoms with van der Waals surface area (Å²) in [5.74, 6) is -0.305. The molecule has 2 aromatic rings. The Morgan fingerprint density at radius 3 is 2.41 bits per heavy atom. The number of rotatable bonds is 3. The van der Waals surface area contributed by atoms with Crippen molar-refractivity contribution < 1.29 is 9.53 Å². The second-order valence-electron chi connectivity index (χ2n) is 8.52. The highest BCUT2D eigenvalue weighted by atomic mass is 16.5. The number of piperazine rings is 1. The fourth-order valence-electron chi connectivity index (χ4n) is 5.61. The summed E-state index contributed by atoms with van der Waals surface area (Å²) < 4.78 is 7.06. The van der Waals surface area contributed by atoms with Gasteiger partial charge in [0.2, 0.25) is 0 Å². The van der Waals surface area contributed by atoms with Crippen molar-refractivity contribution in [2.24, 2.45) is 0 Å². The van der Waals surface area contributed by atoms with Crippen LogP contribution in [0, 0.1) is 0 Å². The molecular weight excluding hydrogens is 340 g/mol. The Morgan fingerprint density at radius 1 is 1.07 bits per heavy atom. The number of methoxy groups -OCH3 is 1. The molecule has 3 saturated carbocycles. The molecule has 6 nitrogen and oxygen atoms in total. The molecule has 6 heteroatoms. The lowest BCUT2D eigenvalue weighted by Gasteiger charge is -2.58. The maximum atomic E-state index is 11.8. The van der Waals surface area contributed by atoms with Crippen LogP contribution in [-0.4, -0.2) is 59.5 Å². The first-order chi connectivity index (χ1) is 13.1. The molecule has 2 bridgehead atoms. The zero-order valence-electron chi connectivity index (χ0n) is 16.0. The number of carbonyl (C=O) groups excluding carboxylic acids is 1. The second kappa shape index (κ2) is 6.31. The fourth-order valence-corrected chi connectivity index (χ4v) is 5.61. The average Bonchev–Trinajstić information content (AvgIpc) is 3.19. The summed E-state index contributed by atoms with van der Waals surface area (Å²) in [4.78, 5) is 14.6. The van der Waals surface area contributed by atoms with Crippen molar-refractivity contribution in [2.45, 2.75) is 49.6 Å². The monoisotopic (exact) mass is 368 g/mol. The highest BCUT2D eigenvalue weighted by Gasteiger charge is 2.52. The minimum absolute atomic E-state index is 0.153. The van der Waals surface area contributed by atoms with E-state index in [0.29, 0.717) is 11.1 Å². The third kappa shape index (κ3) is 2.69. The van der Waals surface area contributed by atoms with E-state index in [0.717, 1.165) is 24.0 Å². The minimum Gasteiger partial charge on any atom is -0.465 e. The number of aromatic nitrogens is 2. The standard InChI is InChI=1S/C21H28N4O2/c1-27-19(26)16-2-3-17-15-25(23-18(17)14-16)21-7-4-20(5-8-21,6-9-21)24-12-10-22-11-13-24/h2-3,14-15,22H,4-13H2,1H3. The Kier molecular flexibility index (Phi) is 4.02. The molecule has 0 radical (unpaired) electrons. The Morgan fingerprint density at radius 2 is 1.74 bits per heavy atom. The topological polar surface area (TPSA) is 59.4 Å². The van der Waals surface area contributed by atoms with Crippen LogP contribution >= 0.6 is 0 Å². The van der Waals surface area contributed by atoms with Crippen LogP contribution in [0.4, 0.5) is 0 Å². The molecule has 0 spiro atoms. The molecule has 27 heavy (non-hydrogen) atoms. The zero-order valence-corrected chi connectivity index (χ0v) is 16.0. The van der Waals surface area contributed by atoms with Gasteiger partial charge in [-0.05, 0) is 50.7 Å². The molecule has 6 rings (SSSR count). The lowest BCUT2D eigenvalue weighted by molar-refractivity contribution is -0.0565. The summed E-state index contributed by atoms with van der Waals surface area (Å²) in [5.41, 5.74) is 2.03. The van der Waals surface area contributed by atoms with Gasteiger partial charge in [0, 0.05) is 43.3 Å². The summed E-state index contributed by atoms with van der Waals surface area (Å²) in [6.07, 6.45) is 9.61. The van der Waals surface area contributed by atoms with E-state index < -0.39 is 0 Å². The SMILES string of the molecule is COC(=O)c1ccc2cn(C34CCC(N5CCNCC5)(CC3)CC4)nc2c1. The van der Waals surface area contributed by atoms with Gasteiger partial charge in [0.1, 0.15) is 0 Å². The minimum atomic E-state index is -0.305. The first-order valence-corrected chi connectivity index (χ1v) is 10.2. The predicted octanol–water partition coefficient (Wildman–Crippen LogP) is 2.53. The summed E-state index contributed by atoms with van der Waals surface area (Å²) >= 11 is 0. The molecule has 1 aromatic heterocycles. The number of fused-ring (bicyclic) bond motifs is 4. The van der Waals surface area contributed by atoms with Gasteiger partial charge < -0.3 is 10.1 Å². The van der Waals surface area contributed by atoms with Crippen LogP contribution in [0.1, 0.15) is 48.9 Å². The van der Waals surface area contributed by atoms with Gasteiger partial charge in [-0.3, -0.25) is 9.58 Å². The fraction of sp³-hybridized carbons (Fsp3) is 0.619. The quantitative estimate of drug-likeness (QED) is 0.844. The van der Waals surface area contributed by atoms with Crippen LogP contribution in [0.25, 0.3) is 10.9 Å². The van der Waals surface area contributed by atoms with E-state index in [1.807, 2.05) is 18.2 Å². The van der Waals surface area contributed by atoms with Crippen LogP contribution in [0.2, 0.25) is 0 Å². The van der Waals surface area contributed by atoms with E-state index in [1.54, 1.807) is 0 Å². The van der Waals surface area contributed by atoms with Crippen molar-refractivity contribution in [1.82, 2.24) is 20.0 Å². The van der Waals surface area contributed by atoms with Gasteiger partial charge in [-0.15, -0.1) is 0 Å². The molecule has 3 aliphatic carbocycles. The number of hydrogen-bond donors (Lipinski definition) is 1. The summed E-state index contributed by atoms with van der Waals surface area (Å²) in [6, 6.07) is 5.67. The van der Waals surface area contributed by atoms with Crippen molar-refractivity contribution in [3.05, 3.63) is 30.0 Å². The number of hydrogen-bond acceptors (Lipinski definition) is 5. The van der Waals surface area contributed by atoms with Crippen LogP contribution in [0.3, 0.4) is 0 Å². The lowest BCUT2D eigenvalue weighted by atomic mass is 9.60. The summed E-state index contributed by atoms with van der Waals surface area (Å²) in [5, 5.41) is 9.48. The van der Waals surface area contributed by atoms with Crippen molar-refractivity contribution in [3.8, 4) is 0 Å². The highest BCUT2D eigenvalue weighted by Crippen LogP contribution is 2.53. The van der Waals surface area contributed by atoms with Crippen LogP contribution < -0.4 is 5.32 Å². The first kappa shape index (κ1) is 17.2.